The largest absolute Gasteiger partial charge is 0.378 e. The van der Waals surface area contributed by atoms with Gasteiger partial charge in [-0.1, -0.05) is 12.1 Å². The van der Waals surface area contributed by atoms with Crippen molar-refractivity contribution >= 4 is 43.0 Å². The SMILES string of the molecule is CNc1ccc(-c2nc(N3CCOCC3)c3sc(-c4cccc(S(C)(=O)=O)c4)cc3n2)cn1. The summed E-state index contributed by atoms with van der Waals surface area (Å²) in [6.07, 6.45) is 2.98. The van der Waals surface area contributed by atoms with Crippen LogP contribution in [0.2, 0.25) is 0 Å². The Morgan fingerprint density at radius 1 is 1.06 bits per heavy atom. The first-order valence-corrected chi connectivity index (χ1v) is 13.2. The third-order valence-electron chi connectivity index (χ3n) is 5.49. The van der Waals surface area contributed by atoms with E-state index in [-0.39, 0.29) is 0 Å². The summed E-state index contributed by atoms with van der Waals surface area (Å²) in [5, 5.41) is 3.02. The van der Waals surface area contributed by atoms with Gasteiger partial charge in [-0.2, -0.15) is 0 Å². The predicted octanol–water partition coefficient (Wildman–Crippen LogP) is 3.70. The van der Waals surface area contributed by atoms with Gasteiger partial charge in [0.25, 0.3) is 0 Å². The average Bonchev–Trinajstić information content (AvgIpc) is 3.28. The molecule has 8 nitrogen and oxygen atoms in total. The second-order valence-corrected chi connectivity index (χ2v) is 10.8. The van der Waals surface area contributed by atoms with Crippen molar-refractivity contribution in [2.75, 3.05) is 49.8 Å². The van der Waals surface area contributed by atoms with Crippen LogP contribution in [0.3, 0.4) is 0 Å². The molecule has 0 radical (unpaired) electrons. The molecule has 5 rings (SSSR count). The van der Waals surface area contributed by atoms with Gasteiger partial charge < -0.3 is 15.0 Å². The smallest absolute Gasteiger partial charge is 0.175 e. The monoisotopic (exact) mass is 481 g/mol. The molecule has 3 aromatic heterocycles. The Morgan fingerprint density at radius 2 is 1.88 bits per heavy atom. The van der Waals surface area contributed by atoms with Gasteiger partial charge in [-0.15, -0.1) is 11.3 Å². The van der Waals surface area contributed by atoms with E-state index in [0.29, 0.717) is 23.9 Å². The molecule has 0 amide bonds. The van der Waals surface area contributed by atoms with Crippen LogP contribution in [-0.2, 0) is 14.6 Å². The second-order valence-electron chi connectivity index (χ2n) is 7.78. The highest BCUT2D eigenvalue weighted by molar-refractivity contribution is 7.90. The number of benzene rings is 1. The highest BCUT2D eigenvalue weighted by atomic mass is 32.2. The average molecular weight is 482 g/mol. The van der Waals surface area contributed by atoms with Crippen LogP contribution in [-0.4, -0.2) is 63.0 Å². The van der Waals surface area contributed by atoms with Crippen LogP contribution in [0.15, 0.2) is 53.6 Å². The van der Waals surface area contributed by atoms with Crippen molar-refractivity contribution in [3.8, 4) is 21.8 Å². The van der Waals surface area contributed by atoms with Crippen molar-refractivity contribution < 1.29 is 13.2 Å². The quantitative estimate of drug-likeness (QED) is 0.461. The topological polar surface area (TPSA) is 97.3 Å². The third kappa shape index (κ3) is 4.41. The molecule has 4 heterocycles. The van der Waals surface area contributed by atoms with E-state index in [1.165, 1.54) is 6.26 Å². The van der Waals surface area contributed by atoms with Crippen LogP contribution in [0.25, 0.3) is 32.0 Å². The number of aromatic nitrogens is 3. The molecule has 0 bridgehead atoms. The molecule has 10 heteroatoms. The van der Waals surface area contributed by atoms with Crippen molar-refractivity contribution in [2.24, 2.45) is 0 Å². The minimum Gasteiger partial charge on any atom is -0.378 e. The van der Waals surface area contributed by atoms with Crippen LogP contribution < -0.4 is 10.2 Å². The first kappa shape index (κ1) is 21.7. The molecule has 0 saturated carbocycles. The van der Waals surface area contributed by atoms with E-state index < -0.39 is 9.84 Å². The molecule has 1 saturated heterocycles. The minimum atomic E-state index is -3.29. The summed E-state index contributed by atoms with van der Waals surface area (Å²) in [6, 6.07) is 12.9. The lowest BCUT2D eigenvalue weighted by Crippen LogP contribution is -2.36. The fourth-order valence-corrected chi connectivity index (χ4v) is 5.51. The number of morpholine rings is 1. The molecule has 0 aliphatic carbocycles. The molecule has 1 aromatic carbocycles. The minimum absolute atomic E-state index is 0.299. The highest BCUT2D eigenvalue weighted by Gasteiger charge is 2.21. The van der Waals surface area contributed by atoms with E-state index in [1.807, 2.05) is 31.3 Å². The van der Waals surface area contributed by atoms with Gasteiger partial charge in [-0.25, -0.2) is 23.4 Å². The summed E-state index contributed by atoms with van der Waals surface area (Å²) in [4.78, 5) is 17.6. The molecule has 4 aromatic rings. The maximum absolute atomic E-state index is 12.0. The van der Waals surface area contributed by atoms with E-state index in [0.717, 1.165) is 50.9 Å². The Labute approximate surface area is 196 Å². The van der Waals surface area contributed by atoms with Crippen LogP contribution >= 0.6 is 11.3 Å². The van der Waals surface area contributed by atoms with Gasteiger partial charge in [-0.05, 0) is 35.9 Å². The molecule has 33 heavy (non-hydrogen) atoms. The molecular weight excluding hydrogens is 458 g/mol. The van der Waals surface area contributed by atoms with Gasteiger partial charge in [0.05, 0.1) is 28.3 Å². The number of pyridine rings is 1. The number of nitrogens with zero attached hydrogens (tertiary/aromatic N) is 4. The molecule has 1 N–H and O–H groups in total. The normalized spacial score (nSPS) is 14.5. The van der Waals surface area contributed by atoms with E-state index in [2.05, 4.69) is 15.2 Å². The van der Waals surface area contributed by atoms with Gasteiger partial charge in [-0.3, -0.25) is 0 Å². The lowest BCUT2D eigenvalue weighted by molar-refractivity contribution is 0.122. The zero-order valence-corrected chi connectivity index (χ0v) is 19.9. The van der Waals surface area contributed by atoms with Gasteiger partial charge in [0.2, 0.25) is 0 Å². The van der Waals surface area contributed by atoms with Gasteiger partial charge in [0.15, 0.2) is 21.5 Å². The first-order valence-electron chi connectivity index (χ1n) is 10.5. The molecule has 0 atom stereocenters. The summed E-state index contributed by atoms with van der Waals surface area (Å²) in [5.41, 5.74) is 2.50. The van der Waals surface area contributed by atoms with Crippen molar-refractivity contribution in [1.82, 2.24) is 15.0 Å². The number of hydrogen-bond donors (Lipinski definition) is 1. The Hall–Kier alpha value is -3.08. The maximum Gasteiger partial charge on any atom is 0.175 e. The lowest BCUT2D eigenvalue weighted by Gasteiger charge is -2.28. The molecule has 1 fully saturated rings. The zero-order valence-electron chi connectivity index (χ0n) is 18.3. The highest BCUT2D eigenvalue weighted by Crippen LogP contribution is 2.39. The van der Waals surface area contributed by atoms with Gasteiger partial charge in [0, 0.05) is 43.0 Å². The molecule has 0 unspecified atom stereocenters. The number of fused-ring (bicyclic) bond motifs is 1. The van der Waals surface area contributed by atoms with Crippen molar-refractivity contribution in [1.29, 1.82) is 0 Å². The number of hydrogen-bond acceptors (Lipinski definition) is 9. The molecule has 1 aliphatic rings. The van der Waals surface area contributed by atoms with Crippen LogP contribution in [0.4, 0.5) is 11.6 Å². The number of nitrogens with one attached hydrogen (secondary N) is 1. The Morgan fingerprint density at radius 3 is 2.58 bits per heavy atom. The van der Waals surface area contributed by atoms with Gasteiger partial charge in [0.1, 0.15) is 5.82 Å². The number of anilines is 2. The Bertz CT molecular complexity index is 1410. The van der Waals surface area contributed by atoms with E-state index in [9.17, 15) is 8.42 Å². The summed E-state index contributed by atoms with van der Waals surface area (Å²) in [5.74, 6) is 2.25. The number of sulfone groups is 1. The van der Waals surface area contributed by atoms with E-state index in [1.54, 1.807) is 35.7 Å². The second kappa shape index (κ2) is 8.69. The maximum atomic E-state index is 12.0. The Balaban J connectivity index is 1.66. The summed E-state index contributed by atoms with van der Waals surface area (Å²) >= 11 is 1.57. The third-order valence-corrected chi connectivity index (χ3v) is 7.77. The number of thiophene rings is 1. The van der Waals surface area contributed by atoms with Crippen LogP contribution in [0.5, 0.6) is 0 Å². The fourth-order valence-electron chi connectivity index (χ4n) is 3.73. The Kier molecular flexibility index (Phi) is 5.73. The van der Waals surface area contributed by atoms with Crippen LogP contribution in [0, 0.1) is 0 Å². The standard InChI is InChI=1S/C23H23N5O3S2/c1-24-20-7-6-16(14-25-20)22-26-18-13-19(15-4-3-5-17(12-15)33(2,29)30)32-21(18)23(27-22)28-8-10-31-11-9-28/h3-7,12-14H,8-11H2,1-2H3,(H,24,25). The fraction of sp³-hybridized carbons (Fsp3) is 0.261. The zero-order chi connectivity index (χ0) is 23.0. The van der Waals surface area contributed by atoms with Crippen LogP contribution in [0.1, 0.15) is 0 Å². The van der Waals surface area contributed by atoms with E-state index in [4.69, 9.17) is 14.7 Å². The molecule has 170 valence electrons. The van der Waals surface area contributed by atoms with E-state index >= 15 is 0 Å². The number of rotatable bonds is 5. The number of ether oxygens (including phenoxy) is 1. The van der Waals surface area contributed by atoms with Crippen molar-refractivity contribution in [3.63, 3.8) is 0 Å². The molecule has 1 aliphatic heterocycles. The van der Waals surface area contributed by atoms with Crippen molar-refractivity contribution in [3.05, 3.63) is 48.7 Å². The summed E-state index contributed by atoms with van der Waals surface area (Å²) < 4.78 is 30.6. The molecule has 0 spiro atoms. The summed E-state index contributed by atoms with van der Waals surface area (Å²) in [7, 11) is -1.47. The van der Waals surface area contributed by atoms with Crippen molar-refractivity contribution in [2.45, 2.75) is 4.90 Å². The lowest BCUT2D eigenvalue weighted by atomic mass is 10.2. The summed E-state index contributed by atoms with van der Waals surface area (Å²) in [6.45, 7) is 2.79. The molecular formula is C23H23N5O3S2. The van der Waals surface area contributed by atoms with Gasteiger partial charge >= 0.3 is 0 Å². The predicted molar refractivity (Wildman–Crippen MR) is 132 cm³/mol. The first-order chi connectivity index (χ1) is 15.9.